The van der Waals surface area contributed by atoms with Crippen LogP contribution < -0.4 is 10.6 Å². The minimum atomic E-state index is -0.182. The number of rotatable bonds is 6. The summed E-state index contributed by atoms with van der Waals surface area (Å²) in [5.41, 5.74) is 1.54. The molecule has 1 aromatic rings. The number of aliphatic imine (C=N–C) groups is 1. The Morgan fingerprint density at radius 3 is 2.79 bits per heavy atom. The van der Waals surface area contributed by atoms with E-state index in [4.69, 9.17) is 4.74 Å². The zero-order valence-corrected chi connectivity index (χ0v) is 11.8. The van der Waals surface area contributed by atoms with Crippen molar-refractivity contribution in [3.05, 3.63) is 35.1 Å². The lowest BCUT2D eigenvalue weighted by atomic mass is 10.1. The quantitative estimate of drug-likeness (QED) is 0.469. The van der Waals surface area contributed by atoms with E-state index in [0.717, 1.165) is 5.56 Å². The number of nitrogens with zero attached hydrogens (tertiary/aromatic N) is 1. The molecule has 0 amide bonds. The average Bonchev–Trinajstić information content (AvgIpc) is 2.42. The highest BCUT2D eigenvalue weighted by Crippen LogP contribution is 2.08. The van der Waals surface area contributed by atoms with E-state index in [-0.39, 0.29) is 5.82 Å². The largest absolute Gasteiger partial charge is 0.380 e. The van der Waals surface area contributed by atoms with Crippen molar-refractivity contribution in [3.63, 3.8) is 0 Å². The second-order valence-corrected chi connectivity index (χ2v) is 4.13. The smallest absolute Gasteiger partial charge is 0.191 e. The maximum Gasteiger partial charge on any atom is 0.191 e. The first-order valence-electron chi connectivity index (χ1n) is 6.44. The van der Waals surface area contributed by atoms with Crippen LogP contribution in [0.25, 0.3) is 0 Å². The fourth-order valence-electron chi connectivity index (χ4n) is 1.54. The Hall–Kier alpha value is -1.62. The Morgan fingerprint density at radius 2 is 2.16 bits per heavy atom. The summed E-state index contributed by atoms with van der Waals surface area (Å²) in [6, 6.07) is 5.21. The first-order chi connectivity index (χ1) is 9.17. The van der Waals surface area contributed by atoms with Gasteiger partial charge in [0.25, 0.3) is 0 Å². The van der Waals surface area contributed by atoms with E-state index in [0.29, 0.717) is 37.8 Å². The van der Waals surface area contributed by atoms with Gasteiger partial charge in [0.1, 0.15) is 5.82 Å². The van der Waals surface area contributed by atoms with Crippen molar-refractivity contribution >= 4 is 5.96 Å². The minimum absolute atomic E-state index is 0.182. The van der Waals surface area contributed by atoms with Gasteiger partial charge in [-0.05, 0) is 31.0 Å². The van der Waals surface area contributed by atoms with Crippen molar-refractivity contribution in [1.82, 2.24) is 10.6 Å². The fraction of sp³-hybridized carbons (Fsp3) is 0.500. The molecule has 0 bridgehead atoms. The molecule has 0 spiro atoms. The van der Waals surface area contributed by atoms with Crippen LogP contribution in [0.3, 0.4) is 0 Å². The molecule has 0 aliphatic heterocycles. The van der Waals surface area contributed by atoms with Crippen molar-refractivity contribution in [3.8, 4) is 0 Å². The van der Waals surface area contributed by atoms with Gasteiger partial charge in [-0.2, -0.15) is 0 Å². The van der Waals surface area contributed by atoms with E-state index < -0.39 is 0 Å². The zero-order valence-electron chi connectivity index (χ0n) is 11.8. The molecule has 0 saturated carbocycles. The third kappa shape index (κ3) is 5.70. The van der Waals surface area contributed by atoms with Gasteiger partial charge < -0.3 is 15.4 Å². The molecular weight excluding hydrogens is 245 g/mol. The van der Waals surface area contributed by atoms with Gasteiger partial charge in [0, 0.05) is 26.7 Å². The number of benzene rings is 1. The standard InChI is InChI=1S/C14H22FN3O/c1-4-19-8-7-17-14(16-3)18-10-12-6-5-11(2)13(15)9-12/h5-6,9H,4,7-8,10H2,1-3H3,(H2,16,17,18). The average molecular weight is 267 g/mol. The van der Waals surface area contributed by atoms with E-state index in [1.807, 2.05) is 13.0 Å². The summed E-state index contributed by atoms with van der Waals surface area (Å²) in [6.07, 6.45) is 0. The molecule has 4 nitrogen and oxygen atoms in total. The Kier molecular flexibility index (Phi) is 6.89. The maximum atomic E-state index is 13.4. The van der Waals surface area contributed by atoms with Gasteiger partial charge in [0.05, 0.1) is 6.61 Å². The Morgan fingerprint density at radius 1 is 1.37 bits per heavy atom. The second-order valence-electron chi connectivity index (χ2n) is 4.13. The summed E-state index contributed by atoms with van der Waals surface area (Å²) in [7, 11) is 1.70. The van der Waals surface area contributed by atoms with E-state index in [9.17, 15) is 4.39 Å². The number of hydrogen-bond donors (Lipinski definition) is 2. The molecular formula is C14H22FN3O. The molecule has 2 N–H and O–H groups in total. The topological polar surface area (TPSA) is 45.6 Å². The van der Waals surface area contributed by atoms with E-state index in [1.54, 1.807) is 20.0 Å². The summed E-state index contributed by atoms with van der Waals surface area (Å²) < 4.78 is 18.6. The second kappa shape index (κ2) is 8.48. The molecule has 19 heavy (non-hydrogen) atoms. The van der Waals surface area contributed by atoms with Crippen molar-refractivity contribution in [2.75, 3.05) is 26.8 Å². The third-order valence-corrected chi connectivity index (χ3v) is 2.66. The van der Waals surface area contributed by atoms with Crippen LogP contribution >= 0.6 is 0 Å². The first-order valence-corrected chi connectivity index (χ1v) is 6.44. The summed E-state index contributed by atoms with van der Waals surface area (Å²) in [6.45, 7) is 6.27. The first kappa shape index (κ1) is 15.4. The third-order valence-electron chi connectivity index (χ3n) is 2.66. The van der Waals surface area contributed by atoms with E-state index >= 15 is 0 Å². The van der Waals surface area contributed by atoms with Gasteiger partial charge >= 0.3 is 0 Å². The number of aryl methyl sites for hydroxylation is 1. The molecule has 0 heterocycles. The molecule has 0 fully saturated rings. The normalized spacial score (nSPS) is 11.5. The van der Waals surface area contributed by atoms with Crippen molar-refractivity contribution < 1.29 is 9.13 Å². The summed E-state index contributed by atoms with van der Waals surface area (Å²) in [4.78, 5) is 4.09. The van der Waals surface area contributed by atoms with Gasteiger partial charge in [-0.15, -0.1) is 0 Å². The fourth-order valence-corrected chi connectivity index (χ4v) is 1.54. The highest BCUT2D eigenvalue weighted by Gasteiger charge is 2.01. The molecule has 106 valence electrons. The predicted octanol–water partition coefficient (Wildman–Crippen LogP) is 1.84. The van der Waals surface area contributed by atoms with Gasteiger partial charge in [0.2, 0.25) is 0 Å². The highest BCUT2D eigenvalue weighted by atomic mass is 19.1. The lowest BCUT2D eigenvalue weighted by Crippen LogP contribution is -2.38. The Labute approximate surface area is 114 Å². The molecule has 0 aromatic heterocycles. The van der Waals surface area contributed by atoms with Crippen molar-refractivity contribution in [2.45, 2.75) is 20.4 Å². The molecule has 0 aliphatic rings. The molecule has 0 radical (unpaired) electrons. The maximum absolute atomic E-state index is 13.4. The number of hydrogen-bond acceptors (Lipinski definition) is 2. The van der Waals surface area contributed by atoms with E-state index in [1.165, 1.54) is 6.07 Å². The van der Waals surface area contributed by atoms with Crippen LogP contribution in [0.15, 0.2) is 23.2 Å². The van der Waals surface area contributed by atoms with Crippen LogP contribution in [0.1, 0.15) is 18.1 Å². The number of halogens is 1. The van der Waals surface area contributed by atoms with Crippen molar-refractivity contribution in [1.29, 1.82) is 0 Å². The van der Waals surface area contributed by atoms with Crippen LogP contribution in [0, 0.1) is 12.7 Å². The molecule has 0 saturated heterocycles. The monoisotopic (exact) mass is 267 g/mol. The molecule has 1 rings (SSSR count). The van der Waals surface area contributed by atoms with Crippen LogP contribution in [0.4, 0.5) is 4.39 Å². The molecule has 0 atom stereocenters. The van der Waals surface area contributed by atoms with Gasteiger partial charge in [-0.3, -0.25) is 4.99 Å². The number of ether oxygens (including phenoxy) is 1. The zero-order chi connectivity index (χ0) is 14.1. The summed E-state index contributed by atoms with van der Waals surface area (Å²) in [5, 5.41) is 6.25. The lowest BCUT2D eigenvalue weighted by molar-refractivity contribution is 0.152. The molecule has 0 aliphatic carbocycles. The summed E-state index contributed by atoms with van der Waals surface area (Å²) >= 11 is 0. The minimum Gasteiger partial charge on any atom is -0.380 e. The number of guanidine groups is 1. The van der Waals surface area contributed by atoms with Crippen LogP contribution in [0.2, 0.25) is 0 Å². The number of nitrogens with one attached hydrogen (secondary N) is 2. The SMILES string of the molecule is CCOCCNC(=NC)NCc1ccc(C)c(F)c1. The molecule has 1 aromatic carbocycles. The van der Waals surface area contributed by atoms with E-state index in [2.05, 4.69) is 15.6 Å². The van der Waals surface area contributed by atoms with Gasteiger partial charge in [-0.25, -0.2) is 4.39 Å². The van der Waals surface area contributed by atoms with Gasteiger partial charge in [-0.1, -0.05) is 12.1 Å². The lowest BCUT2D eigenvalue weighted by Gasteiger charge is -2.12. The molecule has 5 heteroatoms. The molecule has 0 unspecified atom stereocenters. The van der Waals surface area contributed by atoms with Crippen LogP contribution in [0.5, 0.6) is 0 Å². The predicted molar refractivity (Wildman–Crippen MR) is 75.8 cm³/mol. The summed E-state index contributed by atoms with van der Waals surface area (Å²) in [5.74, 6) is 0.499. The Bertz CT molecular complexity index is 421. The van der Waals surface area contributed by atoms with Gasteiger partial charge in [0.15, 0.2) is 5.96 Å². The van der Waals surface area contributed by atoms with Crippen molar-refractivity contribution in [2.24, 2.45) is 4.99 Å². The van der Waals surface area contributed by atoms with Crippen LogP contribution in [-0.2, 0) is 11.3 Å². The van der Waals surface area contributed by atoms with Crippen LogP contribution in [-0.4, -0.2) is 32.8 Å². The highest BCUT2D eigenvalue weighted by molar-refractivity contribution is 5.79. The Balaban J connectivity index is 2.38.